The number of anilines is 1. The third-order valence-corrected chi connectivity index (χ3v) is 6.17. The van der Waals surface area contributed by atoms with Crippen molar-refractivity contribution < 1.29 is 42.6 Å². The first-order chi connectivity index (χ1) is 18.5. The predicted molar refractivity (Wildman–Crippen MR) is 137 cm³/mol. The minimum absolute atomic E-state index is 0.0216. The van der Waals surface area contributed by atoms with Crippen LogP contribution < -0.4 is 10.2 Å². The largest absolute Gasteiger partial charge is 0.502 e. The van der Waals surface area contributed by atoms with Crippen molar-refractivity contribution in [1.29, 1.82) is 0 Å². The Bertz CT molecular complexity index is 1390. The number of nitrogens with zero attached hydrogens (tertiary/aromatic N) is 4. The van der Waals surface area contributed by atoms with Crippen molar-refractivity contribution in [3.63, 3.8) is 0 Å². The molecule has 3 aromatic rings. The molecule has 0 aliphatic carbocycles. The second-order valence-electron chi connectivity index (χ2n) is 9.49. The first-order valence-corrected chi connectivity index (χ1v) is 12.3. The fourth-order valence-corrected chi connectivity index (χ4v) is 4.31. The summed E-state index contributed by atoms with van der Waals surface area (Å²) in [6, 6.07) is 6.68. The molecule has 0 unspecified atom stereocenters. The van der Waals surface area contributed by atoms with Crippen LogP contribution in [0.4, 0.5) is 33.6 Å². The lowest BCUT2D eigenvalue weighted by Crippen LogP contribution is -2.48. The highest BCUT2D eigenvalue weighted by Crippen LogP contribution is 2.35. The minimum atomic E-state index is -4.54. The number of halogens is 3. The number of carbonyl (C=O) groups excluding carboxylic acids is 1. The van der Waals surface area contributed by atoms with Crippen molar-refractivity contribution in [2.75, 3.05) is 11.4 Å². The summed E-state index contributed by atoms with van der Waals surface area (Å²) in [4.78, 5) is 35.9. The van der Waals surface area contributed by atoms with Crippen LogP contribution in [0.5, 0.6) is 5.75 Å². The minimum Gasteiger partial charge on any atom is -0.502 e. The summed E-state index contributed by atoms with van der Waals surface area (Å²) in [6.45, 7) is 4.51. The van der Waals surface area contributed by atoms with Gasteiger partial charge in [-0.25, -0.2) is 14.5 Å². The first kappa shape index (κ1) is 30.1. The van der Waals surface area contributed by atoms with Crippen LogP contribution in [-0.2, 0) is 17.3 Å². The fourth-order valence-electron chi connectivity index (χ4n) is 3.47. The number of phenolic OH excluding ortho intramolecular Hbond substituents is 1. The number of benzene rings is 2. The monoisotopic (exact) mass is 583 g/mol. The molecule has 1 aromatic heterocycles. The van der Waals surface area contributed by atoms with Crippen LogP contribution in [0.3, 0.4) is 0 Å². The van der Waals surface area contributed by atoms with Crippen molar-refractivity contribution in [2.24, 2.45) is 0 Å². The van der Waals surface area contributed by atoms with Gasteiger partial charge in [-0.15, -0.1) is 10.2 Å². The number of rotatable bonds is 8. The van der Waals surface area contributed by atoms with Gasteiger partial charge in [0.1, 0.15) is 10.6 Å². The molecule has 12 nitrogen and oxygen atoms in total. The number of aromatic hydroxyl groups is 1. The van der Waals surface area contributed by atoms with E-state index in [1.165, 1.54) is 18.2 Å². The van der Waals surface area contributed by atoms with Gasteiger partial charge < -0.3 is 20.3 Å². The zero-order valence-corrected chi connectivity index (χ0v) is 22.1. The van der Waals surface area contributed by atoms with E-state index in [0.717, 1.165) is 40.5 Å². The van der Waals surface area contributed by atoms with E-state index in [2.05, 4.69) is 15.5 Å². The number of nitro groups is 1. The molecule has 0 bridgehead atoms. The highest BCUT2D eigenvalue weighted by atomic mass is 32.1. The van der Waals surface area contributed by atoms with Gasteiger partial charge in [0.2, 0.25) is 5.13 Å². The normalized spacial score (nSPS) is 12.4. The maximum Gasteiger partial charge on any atom is 0.416 e. The van der Waals surface area contributed by atoms with E-state index in [9.17, 15) is 43.1 Å². The Kier molecular flexibility index (Phi) is 8.82. The van der Waals surface area contributed by atoms with E-state index in [1.807, 2.05) is 0 Å². The average molecular weight is 584 g/mol. The van der Waals surface area contributed by atoms with Gasteiger partial charge in [-0.1, -0.05) is 23.5 Å². The fraction of sp³-hybridized carbons (Fsp3) is 0.333. The van der Waals surface area contributed by atoms with Crippen molar-refractivity contribution in [1.82, 2.24) is 15.5 Å². The number of nitrogens with one attached hydrogen (secondary N) is 1. The molecule has 2 amide bonds. The molecule has 0 spiro atoms. The van der Waals surface area contributed by atoms with Crippen molar-refractivity contribution in [3.8, 4) is 16.3 Å². The zero-order chi connectivity index (χ0) is 29.8. The lowest BCUT2D eigenvalue weighted by molar-refractivity contribution is -0.385. The third kappa shape index (κ3) is 8.02. The van der Waals surface area contributed by atoms with E-state index in [4.69, 9.17) is 4.74 Å². The molecule has 3 rings (SSSR count). The summed E-state index contributed by atoms with van der Waals surface area (Å²) in [5, 5.41) is 40.7. The zero-order valence-electron chi connectivity index (χ0n) is 21.3. The van der Waals surface area contributed by atoms with Gasteiger partial charge in [0, 0.05) is 11.6 Å². The molecule has 1 atom stereocenters. The standard InChI is InChI=1S/C24H24F3N5O7S/c1-23(2,3)39-22(36)31(20-30-29-19(40-20)14-6-9-17(32(37)38)18(33)11-14)12-16(28-21(34)35)10-13-4-7-15(8-5-13)24(25,26)27/h4-9,11,16,28,33H,10,12H2,1-3H3,(H,34,35)/t16-/m0/s1. The Labute approximate surface area is 229 Å². The number of hydrogen-bond acceptors (Lipinski definition) is 9. The Morgan fingerprint density at radius 3 is 2.33 bits per heavy atom. The van der Waals surface area contributed by atoms with E-state index >= 15 is 0 Å². The molecule has 0 saturated heterocycles. The summed E-state index contributed by atoms with van der Waals surface area (Å²) in [6.07, 6.45) is -6.95. The molecular formula is C24H24F3N5O7S. The third-order valence-electron chi connectivity index (χ3n) is 5.17. The molecule has 16 heteroatoms. The van der Waals surface area contributed by atoms with Gasteiger partial charge in [0.05, 0.1) is 23.1 Å². The molecule has 2 aromatic carbocycles. The number of hydrogen-bond donors (Lipinski definition) is 3. The maximum absolute atomic E-state index is 13.1. The Morgan fingerprint density at radius 1 is 1.15 bits per heavy atom. The number of ether oxygens (including phenoxy) is 1. The molecule has 1 heterocycles. The summed E-state index contributed by atoms with van der Waals surface area (Å²) in [7, 11) is 0. The topological polar surface area (TPSA) is 168 Å². The number of amides is 2. The molecule has 0 fully saturated rings. The highest BCUT2D eigenvalue weighted by Gasteiger charge is 2.32. The van der Waals surface area contributed by atoms with Crippen molar-refractivity contribution >= 4 is 34.3 Å². The smallest absolute Gasteiger partial charge is 0.416 e. The molecule has 3 N–H and O–H groups in total. The van der Waals surface area contributed by atoms with E-state index in [-0.39, 0.29) is 28.7 Å². The van der Waals surface area contributed by atoms with Crippen LogP contribution >= 0.6 is 11.3 Å². The lowest BCUT2D eigenvalue weighted by atomic mass is 10.0. The number of carboxylic acid groups (broad SMARTS) is 1. The van der Waals surface area contributed by atoms with Crippen molar-refractivity contribution in [3.05, 3.63) is 63.7 Å². The van der Waals surface area contributed by atoms with Gasteiger partial charge in [0.25, 0.3) is 0 Å². The SMILES string of the molecule is CC(C)(C)OC(=O)N(C[C@H](Cc1ccc(C(F)(F)F)cc1)NC(=O)O)c1nnc(-c2ccc([N+](=O)[O-])c(O)c2)s1. The number of phenols is 1. The Balaban J connectivity index is 1.93. The molecule has 214 valence electrons. The number of alkyl halides is 3. The van der Waals surface area contributed by atoms with Crippen LogP contribution in [-0.4, -0.2) is 55.7 Å². The van der Waals surface area contributed by atoms with E-state index in [1.54, 1.807) is 20.8 Å². The highest BCUT2D eigenvalue weighted by molar-refractivity contribution is 7.18. The molecule has 0 aliphatic heterocycles. The Hall–Kier alpha value is -4.47. The van der Waals surface area contributed by atoms with Crippen LogP contribution in [0.2, 0.25) is 0 Å². The Morgan fingerprint density at radius 2 is 1.80 bits per heavy atom. The molecule has 40 heavy (non-hydrogen) atoms. The van der Waals surface area contributed by atoms with Crippen LogP contribution in [0.15, 0.2) is 42.5 Å². The second kappa shape index (κ2) is 11.7. The first-order valence-electron chi connectivity index (χ1n) is 11.5. The molecular weight excluding hydrogens is 559 g/mol. The van der Waals surface area contributed by atoms with Gasteiger partial charge in [-0.05, 0) is 57.0 Å². The van der Waals surface area contributed by atoms with Crippen LogP contribution in [0.25, 0.3) is 10.6 Å². The van der Waals surface area contributed by atoms with Crippen LogP contribution in [0.1, 0.15) is 31.9 Å². The van der Waals surface area contributed by atoms with Crippen molar-refractivity contribution in [2.45, 2.75) is 45.0 Å². The van der Waals surface area contributed by atoms with Gasteiger partial charge >= 0.3 is 24.1 Å². The summed E-state index contributed by atoms with van der Waals surface area (Å²) < 4.78 is 44.3. The summed E-state index contributed by atoms with van der Waals surface area (Å²) >= 11 is 0.865. The van der Waals surface area contributed by atoms with Gasteiger partial charge in [-0.2, -0.15) is 13.2 Å². The number of carbonyl (C=O) groups is 2. The lowest BCUT2D eigenvalue weighted by Gasteiger charge is -2.28. The number of nitro benzene ring substituents is 1. The van der Waals surface area contributed by atoms with Gasteiger partial charge in [-0.3, -0.25) is 10.1 Å². The summed E-state index contributed by atoms with van der Waals surface area (Å²) in [5.74, 6) is -0.606. The van der Waals surface area contributed by atoms with Crippen LogP contribution in [0, 0.1) is 10.1 Å². The molecule has 0 radical (unpaired) electrons. The quantitative estimate of drug-likeness (QED) is 0.230. The average Bonchev–Trinajstić information content (AvgIpc) is 3.30. The van der Waals surface area contributed by atoms with Gasteiger partial charge in [0.15, 0.2) is 5.75 Å². The molecule has 0 aliphatic rings. The van der Waals surface area contributed by atoms with E-state index < -0.39 is 51.9 Å². The molecule has 0 saturated carbocycles. The maximum atomic E-state index is 13.1. The van der Waals surface area contributed by atoms with E-state index in [0.29, 0.717) is 5.56 Å². The second-order valence-corrected chi connectivity index (χ2v) is 10.4. The number of aromatic nitrogens is 2. The predicted octanol–water partition coefficient (Wildman–Crippen LogP) is 5.46. The summed E-state index contributed by atoms with van der Waals surface area (Å²) in [5.41, 5.74) is -1.70.